The molecule has 1 atom stereocenters. The number of anilines is 1. The highest BCUT2D eigenvalue weighted by molar-refractivity contribution is 5.78. The van der Waals surface area contributed by atoms with Gasteiger partial charge < -0.3 is 19.7 Å². The van der Waals surface area contributed by atoms with Crippen molar-refractivity contribution in [3.63, 3.8) is 0 Å². The molecule has 6 nitrogen and oxygen atoms in total. The predicted molar refractivity (Wildman–Crippen MR) is 72.5 cm³/mol. The Morgan fingerprint density at radius 1 is 1.58 bits per heavy atom. The average molecular weight is 263 g/mol. The van der Waals surface area contributed by atoms with Gasteiger partial charge in [-0.15, -0.1) is 0 Å². The number of likely N-dealkylation sites (N-methyl/N-ethyl adjacent to an activating group) is 2. The van der Waals surface area contributed by atoms with Gasteiger partial charge in [-0.25, -0.2) is 4.98 Å². The van der Waals surface area contributed by atoms with Crippen molar-refractivity contribution >= 4 is 22.8 Å². The topological polar surface area (TPSA) is 78.6 Å². The van der Waals surface area contributed by atoms with Gasteiger partial charge in [-0.3, -0.25) is 4.79 Å². The van der Waals surface area contributed by atoms with E-state index in [1.165, 1.54) is 0 Å². The van der Waals surface area contributed by atoms with E-state index in [1.54, 1.807) is 14.0 Å². The second-order valence-electron chi connectivity index (χ2n) is 4.44. The lowest BCUT2D eigenvalue weighted by Gasteiger charge is -2.23. The number of benzene rings is 1. The molecule has 0 aliphatic rings. The highest BCUT2D eigenvalue weighted by Gasteiger charge is 2.17. The average Bonchev–Trinajstić information content (AvgIpc) is 2.74. The van der Waals surface area contributed by atoms with Gasteiger partial charge in [0.1, 0.15) is 11.6 Å². The minimum Gasteiger partial charge on any atom is -0.480 e. The Kier molecular flexibility index (Phi) is 3.71. The summed E-state index contributed by atoms with van der Waals surface area (Å²) in [4.78, 5) is 17.1. The molecule has 0 spiro atoms. The van der Waals surface area contributed by atoms with Gasteiger partial charge in [-0.2, -0.15) is 0 Å². The molecule has 0 amide bonds. The summed E-state index contributed by atoms with van der Waals surface area (Å²) in [5.74, 6) is -0.249. The molecule has 0 aliphatic heterocycles. The first-order valence-corrected chi connectivity index (χ1v) is 5.99. The third-order valence-corrected chi connectivity index (χ3v) is 3.02. The molecule has 1 unspecified atom stereocenters. The van der Waals surface area contributed by atoms with Crippen LogP contribution in [0.4, 0.5) is 5.69 Å². The van der Waals surface area contributed by atoms with E-state index in [0.29, 0.717) is 12.4 Å². The number of hydrogen-bond donors (Lipinski definition) is 2. The third-order valence-electron chi connectivity index (χ3n) is 3.02. The lowest BCUT2D eigenvalue weighted by molar-refractivity contribution is -0.139. The van der Waals surface area contributed by atoms with E-state index in [2.05, 4.69) is 10.3 Å². The molecule has 1 aromatic carbocycles. The zero-order valence-corrected chi connectivity index (χ0v) is 11.2. The summed E-state index contributed by atoms with van der Waals surface area (Å²) in [5, 5.41) is 11.8. The first-order chi connectivity index (χ1) is 9.01. The van der Waals surface area contributed by atoms with E-state index < -0.39 is 12.0 Å². The minimum absolute atomic E-state index is 0.369. The molecular weight excluding hydrogens is 246 g/mol. The molecule has 102 valence electrons. The van der Waals surface area contributed by atoms with Gasteiger partial charge in [0.25, 0.3) is 0 Å². The number of carbonyl (C=O) groups is 1. The van der Waals surface area contributed by atoms with Crippen LogP contribution >= 0.6 is 0 Å². The summed E-state index contributed by atoms with van der Waals surface area (Å²) in [6, 6.07) is 5.01. The van der Waals surface area contributed by atoms with Gasteiger partial charge in [0.2, 0.25) is 0 Å². The smallest absolute Gasteiger partial charge is 0.322 e. The Morgan fingerprint density at radius 2 is 2.32 bits per heavy atom. The van der Waals surface area contributed by atoms with Crippen LogP contribution in [-0.4, -0.2) is 42.7 Å². The Labute approximate surface area is 111 Å². The second-order valence-corrected chi connectivity index (χ2v) is 4.44. The fourth-order valence-corrected chi connectivity index (χ4v) is 1.94. The second kappa shape index (κ2) is 5.27. The number of nitrogens with zero attached hydrogens (tertiary/aromatic N) is 2. The Balaban J connectivity index is 2.20. The molecule has 6 heteroatoms. The molecule has 1 heterocycles. The SMILES string of the molecule is CNC(CN(C)c1ccc2oc(C)nc2c1)C(=O)O. The monoisotopic (exact) mass is 263 g/mol. The van der Waals surface area contributed by atoms with Crippen LogP contribution < -0.4 is 10.2 Å². The van der Waals surface area contributed by atoms with Crippen LogP contribution in [0.1, 0.15) is 5.89 Å². The number of oxazole rings is 1. The lowest BCUT2D eigenvalue weighted by atomic mass is 10.2. The third kappa shape index (κ3) is 2.85. The lowest BCUT2D eigenvalue weighted by Crippen LogP contribution is -2.43. The van der Waals surface area contributed by atoms with Gasteiger partial charge in [0, 0.05) is 26.2 Å². The largest absolute Gasteiger partial charge is 0.480 e. The van der Waals surface area contributed by atoms with E-state index in [4.69, 9.17) is 9.52 Å². The molecule has 0 fully saturated rings. The summed E-state index contributed by atoms with van der Waals surface area (Å²) in [6.07, 6.45) is 0. The molecule has 0 bridgehead atoms. The van der Waals surface area contributed by atoms with E-state index in [-0.39, 0.29) is 0 Å². The molecular formula is C13H17N3O3. The number of nitrogens with one attached hydrogen (secondary N) is 1. The summed E-state index contributed by atoms with van der Waals surface area (Å²) >= 11 is 0. The van der Waals surface area contributed by atoms with Crippen molar-refractivity contribution in [3.05, 3.63) is 24.1 Å². The zero-order chi connectivity index (χ0) is 14.0. The maximum Gasteiger partial charge on any atom is 0.322 e. The molecule has 2 rings (SSSR count). The number of carboxylic acids is 1. The Bertz CT molecular complexity index is 594. The molecule has 0 aliphatic carbocycles. The summed E-state index contributed by atoms with van der Waals surface area (Å²) in [7, 11) is 3.48. The van der Waals surface area contributed by atoms with E-state index in [9.17, 15) is 4.79 Å². The number of aromatic nitrogens is 1. The van der Waals surface area contributed by atoms with Crippen molar-refractivity contribution in [2.75, 3.05) is 25.5 Å². The first-order valence-electron chi connectivity index (χ1n) is 5.99. The van der Waals surface area contributed by atoms with Crippen LogP contribution in [0.15, 0.2) is 22.6 Å². The minimum atomic E-state index is -0.868. The van der Waals surface area contributed by atoms with Crippen molar-refractivity contribution in [3.8, 4) is 0 Å². The molecule has 1 aromatic heterocycles. The molecule has 19 heavy (non-hydrogen) atoms. The number of hydrogen-bond acceptors (Lipinski definition) is 5. The number of rotatable bonds is 5. The van der Waals surface area contributed by atoms with Crippen molar-refractivity contribution < 1.29 is 14.3 Å². The Hall–Kier alpha value is -2.08. The maximum atomic E-state index is 11.0. The molecule has 2 aromatic rings. The van der Waals surface area contributed by atoms with Gasteiger partial charge in [-0.1, -0.05) is 0 Å². The van der Waals surface area contributed by atoms with Crippen LogP contribution in [0.25, 0.3) is 11.1 Å². The van der Waals surface area contributed by atoms with Crippen molar-refractivity contribution in [1.29, 1.82) is 0 Å². The normalized spacial score (nSPS) is 12.6. The van der Waals surface area contributed by atoms with Crippen LogP contribution in [-0.2, 0) is 4.79 Å². The fourth-order valence-electron chi connectivity index (χ4n) is 1.94. The van der Waals surface area contributed by atoms with Crippen molar-refractivity contribution in [2.24, 2.45) is 0 Å². The van der Waals surface area contributed by atoms with Crippen LogP contribution in [0.2, 0.25) is 0 Å². The van der Waals surface area contributed by atoms with Gasteiger partial charge in [-0.05, 0) is 25.2 Å². The van der Waals surface area contributed by atoms with Gasteiger partial charge >= 0.3 is 5.97 Å². The number of carboxylic acid groups (broad SMARTS) is 1. The Morgan fingerprint density at radius 3 is 2.95 bits per heavy atom. The first kappa shape index (κ1) is 13.4. The number of aryl methyl sites for hydroxylation is 1. The van der Waals surface area contributed by atoms with Crippen molar-refractivity contribution in [2.45, 2.75) is 13.0 Å². The quantitative estimate of drug-likeness (QED) is 0.845. The summed E-state index contributed by atoms with van der Waals surface area (Å²) in [6.45, 7) is 2.17. The highest BCUT2D eigenvalue weighted by atomic mass is 16.4. The van der Waals surface area contributed by atoms with Crippen molar-refractivity contribution in [1.82, 2.24) is 10.3 Å². The van der Waals surface area contributed by atoms with Crippen LogP contribution in [0.3, 0.4) is 0 Å². The maximum absolute atomic E-state index is 11.0. The standard InChI is InChI=1S/C13H17N3O3/c1-8-15-10-6-9(4-5-12(10)19-8)16(3)7-11(14-2)13(17)18/h4-6,11,14H,7H2,1-3H3,(H,17,18). The molecule has 0 radical (unpaired) electrons. The van der Waals surface area contributed by atoms with E-state index >= 15 is 0 Å². The number of fused-ring (bicyclic) bond motifs is 1. The van der Waals surface area contributed by atoms with E-state index in [1.807, 2.05) is 30.1 Å². The highest BCUT2D eigenvalue weighted by Crippen LogP contribution is 2.21. The predicted octanol–water partition coefficient (Wildman–Crippen LogP) is 1.25. The van der Waals surface area contributed by atoms with Crippen LogP contribution in [0.5, 0.6) is 0 Å². The van der Waals surface area contributed by atoms with Gasteiger partial charge in [0.15, 0.2) is 11.5 Å². The molecule has 0 saturated heterocycles. The zero-order valence-electron chi connectivity index (χ0n) is 11.2. The molecule has 2 N–H and O–H groups in total. The fraction of sp³-hybridized carbons (Fsp3) is 0.385. The van der Waals surface area contributed by atoms with Gasteiger partial charge in [0.05, 0.1) is 0 Å². The number of aliphatic carboxylic acids is 1. The molecule has 0 saturated carbocycles. The van der Waals surface area contributed by atoms with E-state index in [0.717, 1.165) is 16.8 Å². The summed E-state index contributed by atoms with van der Waals surface area (Å²) in [5.41, 5.74) is 2.42. The summed E-state index contributed by atoms with van der Waals surface area (Å²) < 4.78 is 5.41. The van der Waals surface area contributed by atoms with Crippen LogP contribution in [0, 0.1) is 6.92 Å².